The highest BCUT2D eigenvalue weighted by Gasteiger charge is 2.12. The molecule has 0 saturated heterocycles. The highest BCUT2D eigenvalue weighted by molar-refractivity contribution is 5.42. The lowest BCUT2D eigenvalue weighted by Crippen LogP contribution is -2.07. The first-order chi connectivity index (χ1) is 9.78. The van der Waals surface area contributed by atoms with Crippen LogP contribution < -0.4 is 4.74 Å². The summed E-state index contributed by atoms with van der Waals surface area (Å²) in [7, 11) is 0. The van der Waals surface area contributed by atoms with Gasteiger partial charge in [0.1, 0.15) is 18.5 Å². The largest absolute Gasteiger partial charge is 0.486 e. The molecule has 0 aliphatic rings. The van der Waals surface area contributed by atoms with Crippen molar-refractivity contribution in [2.45, 2.75) is 26.1 Å². The lowest BCUT2D eigenvalue weighted by molar-refractivity contribution is 0.200. The number of ether oxygens (including phenoxy) is 1. The van der Waals surface area contributed by atoms with E-state index in [-0.39, 0.29) is 6.10 Å². The van der Waals surface area contributed by atoms with Crippen LogP contribution >= 0.6 is 0 Å². The number of nitriles is 1. The predicted octanol–water partition coefficient (Wildman–Crippen LogP) is 3.95. The minimum atomic E-state index is -0.677. The molecule has 1 heterocycles. The van der Waals surface area contributed by atoms with Crippen molar-refractivity contribution in [1.82, 2.24) is 4.98 Å². The summed E-state index contributed by atoms with van der Waals surface area (Å²) in [6.45, 7) is 1.33. The van der Waals surface area contributed by atoms with Gasteiger partial charge in [0.05, 0.1) is 11.6 Å². The van der Waals surface area contributed by atoms with Gasteiger partial charge in [-0.25, -0.2) is 4.39 Å². The van der Waals surface area contributed by atoms with Crippen molar-refractivity contribution in [2.24, 2.45) is 0 Å². The average Bonchev–Trinajstić information content (AvgIpc) is 2.53. The fourth-order valence-electron chi connectivity index (χ4n) is 1.98. The second-order valence-corrected chi connectivity index (χ2v) is 4.37. The zero-order valence-corrected chi connectivity index (χ0v) is 11.2. The Bertz CT molecular complexity index is 608. The molecule has 0 saturated carbocycles. The van der Waals surface area contributed by atoms with Gasteiger partial charge >= 0.3 is 0 Å². The summed E-state index contributed by atoms with van der Waals surface area (Å²) >= 11 is 0. The molecule has 4 heteroatoms. The molecule has 0 N–H and O–H groups in total. The lowest BCUT2D eigenvalue weighted by Gasteiger charge is -2.18. The van der Waals surface area contributed by atoms with Gasteiger partial charge < -0.3 is 4.74 Å². The minimum absolute atomic E-state index is 0.135. The van der Waals surface area contributed by atoms with Crippen LogP contribution in [0.25, 0.3) is 0 Å². The second-order valence-electron chi connectivity index (χ2n) is 4.37. The Balaban J connectivity index is 2.22. The van der Waals surface area contributed by atoms with Crippen molar-refractivity contribution in [2.75, 3.05) is 0 Å². The Morgan fingerprint density at radius 2 is 2.25 bits per heavy atom. The number of hydrogen-bond donors (Lipinski definition) is 0. The van der Waals surface area contributed by atoms with Gasteiger partial charge in [0.25, 0.3) is 0 Å². The molecule has 2 rings (SSSR count). The standard InChI is InChI=1S/C16H15FN2O/c1-2-16(13-4-3-7-19-11-13)20-15-6-5-12(10-18)14(8-15)9-17/h3-8,11,16H,2,9H2,1H3. The highest BCUT2D eigenvalue weighted by Crippen LogP contribution is 2.26. The number of rotatable bonds is 5. The third-order valence-corrected chi connectivity index (χ3v) is 3.05. The first-order valence-corrected chi connectivity index (χ1v) is 6.44. The Morgan fingerprint density at radius 3 is 2.85 bits per heavy atom. The van der Waals surface area contributed by atoms with Crippen LogP contribution in [0.4, 0.5) is 4.39 Å². The molecule has 2 aromatic rings. The van der Waals surface area contributed by atoms with E-state index in [0.717, 1.165) is 12.0 Å². The van der Waals surface area contributed by atoms with Crippen LogP contribution in [0.1, 0.15) is 36.1 Å². The molecular formula is C16H15FN2O. The zero-order chi connectivity index (χ0) is 14.4. The molecule has 1 aromatic carbocycles. The van der Waals surface area contributed by atoms with Gasteiger partial charge in [0, 0.05) is 23.5 Å². The van der Waals surface area contributed by atoms with E-state index in [2.05, 4.69) is 4.98 Å². The first kappa shape index (κ1) is 14.0. The van der Waals surface area contributed by atoms with Crippen LogP contribution in [0.5, 0.6) is 5.75 Å². The van der Waals surface area contributed by atoms with Crippen molar-refractivity contribution in [1.29, 1.82) is 5.26 Å². The number of pyridine rings is 1. The number of alkyl halides is 1. The van der Waals surface area contributed by atoms with E-state index in [1.807, 2.05) is 25.1 Å². The normalized spacial score (nSPS) is 11.7. The van der Waals surface area contributed by atoms with Crippen LogP contribution in [0, 0.1) is 11.3 Å². The summed E-state index contributed by atoms with van der Waals surface area (Å²) in [4.78, 5) is 4.07. The van der Waals surface area contributed by atoms with E-state index in [0.29, 0.717) is 16.9 Å². The highest BCUT2D eigenvalue weighted by atomic mass is 19.1. The summed E-state index contributed by atoms with van der Waals surface area (Å²) < 4.78 is 18.8. The van der Waals surface area contributed by atoms with Gasteiger partial charge in [0.15, 0.2) is 0 Å². The average molecular weight is 270 g/mol. The fourth-order valence-corrected chi connectivity index (χ4v) is 1.98. The molecule has 0 radical (unpaired) electrons. The SMILES string of the molecule is CCC(Oc1ccc(C#N)c(CF)c1)c1cccnc1. The molecule has 0 spiro atoms. The van der Waals surface area contributed by atoms with Gasteiger partial charge in [-0.2, -0.15) is 5.26 Å². The molecule has 0 aliphatic heterocycles. The summed E-state index contributed by atoms with van der Waals surface area (Å²) in [6, 6.07) is 10.6. The molecule has 1 unspecified atom stereocenters. The molecule has 1 aromatic heterocycles. The maximum Gasteiger partial charge on any atom is 0.125 e. The molecule has 0 fully saturated rings. The molecule has 102 valence electrons. The number of halogens is 1. The smallest absolute Gasteiger partial charge is 0.125 e. The third kappa shape index (κ3) is 3.12. The maximum atomic E-state index is 12.9. The Hall–Kier alpha value is -2.41. The number of hydrogen-bond acceptors (Lipinski definition) is 3. The van der Waals surface area contributed by atoms with Crippen molar-refractivity contribution >= 4 is 0 Å². The minimum Gasteiger partial charge on any atom is -0.486 e. The number of aromatic nitrogens is 1. The predicted molar refractivity (Wildman–Crippen MR) is 73.9 cm³/mol. The van der Waals surface area contributed by atoms with E-state index in [9.17, 15) is 4.39 Å². The Labute approximate surface area is 117 Å². The quantitative estimate of drug-likeness (QED) is 0.826. The van der Waals surface area contributed by atoms with Crippen LogP contribution in [-0.2, 0) is 6.67 Å². The summed E-state index contributed by atoms with van der Waals surface area (Å²) in [5, 5.41) is 8.88. The third-order valence-electron chi connectivity index (χ3n) is 3.05. The van der Waals surface area contributed by atoms with E-state index >= 15 is 0 Å². The zero-order valence-electron chi connectivity index (χ0n) is 11.2. The first-order valence-electron chi connectivity index (χ1n) is 6.44. The molecular weight excluding hydrogens is 255 g/mol. The summed E-state index contributed by atoms with van der Waals surface area (Å²) in [6.07, 6.45) is 4.10. The number of benzene rings is 1. The molecule has 3 nitrogen and oxygen atoms in total. The van der Waals surface area contributed by atoms with Crippen molar-refractivity contribution in [3.63, 3.8) is 0 Å². The van der Waals surface area contributed by atoms with Crippen LogP contribution in [0.3, 0.4) is 0 Å². The molecule has 20 heavy (non-hydrogen) atoms. The second kappa shape index (κ2) is 6.67. The van der Waals surface area contributed by atoms with Crippen LogP contribution in [0.15, 0.2) is 42.7 Å². The number of nitrogens with zero attached hydrogens (tertiary/aromatic N) is 2. The van der Waals surface area contributed by atoms with Crippen molar-refractivity contribution < 1.29 is 9.13 Å². The van der Waals surface area contributed by atoms with E-state index in [1.54, 1.807) is 30.6 Å². The Morgan fingerprint density at radius 1 is 1.40 bits per heavy atom. The molecule has 1 atom stereocenters. The van der Waals surface area contributed by atoms with Gasteiger partial charge in [-0.3, -0.25) is 4.98 Å². The van der Waals surface area contributed by atoms with Gasteiger partial charge in [-0.1, -0.05) is 13.0 Å². The fraction of sp³-hybridized carbons (Fsp3) is 0.250. The Kier molecular flexibility index (Phi) is 4.67. The van der Waals surface area contributed by atoms with Gasteiger partial charge in [0.2, 0.25) is 0 Å². The van der Waals surface area contributed by atoms with Crippen molar-refractivity contribution in [3.05, 3.63) is 59.4 Å². The summed E-state index contributed by atoms with van der Waals surface area (Å²) in [5.74, 6) is 0.562. The topological polar surface area (TPSA) is 45.9 Å². The summed E-state index contributed by atoms with van der Waals surface area (Å²) in [5.41, 5.74) is 1.67. The van der Waals surface area contributed by atoms with Gasteiger partial charge in [-0.05, 0) is 30.7 Å². The maximum absolute atomic E-state index is 12.9. The van der Waals surface area contributed by atoms with E-state index in [4.69, 9.17) is 10.00 Å². The van der Waals surface area contributed by atoms with Crippen molar-refractivity contribution in [3.8, 4) is 11.8 Å². The van der Waals surface area contributed by atoms with E-state index < -0.39 is 6.67 Å². The molecule has 0 amide bonds. The van der Waals surface area contributed by atoms with Crippen LogP contribution in [0.2, 0.25) is 0 Å². The van der Waals surface area contributed by atoms with E-state index in [1.165, 1.54) is 0 Å². The van der Waals surface area contributed by atoms with Crippen LogP contribution in [-0.4, -0.2) is 4.98 Å². The molecule has 0 bridgehead atoms. The monoisotopic (exact) mass is 270 g/mol. The van der Waals surface area contributed by atoms with Gasteiger partial charge in [-0.15, -0.1) is 0 Å². The lowest BCUT2D eigenvalue weighted by atomic mass is 10.1. The molecule has 0 aliphatic carbocycles.